The van der Waals surface area contributed by atoms with Gasteiger partial charge in [0.15, 0.2) is 11.6 Å². The van der Waals surface area contributed by atoms with E-state index in [0.29, 0.717) is 5.82 Å². The van der Waals surface area contributed by atoms with Gasteiger partial charge in [0.05, 0.1) is 25.6 Å². The van der Waals surface area contributed by atoms with Gasteiger partial charge in [0.1, 0.15) is 5.75 Å². The number of unbranched alkanes of at least 4 members (excludes halogenated alkanes) is 4. The van der Waals surface area contributed by atoms with E-state index >= 15 is 0 Å². The summed E-state index contributed by atoms with van der Waals surface area (Å²) in [5.74, 6) is 3.18. The van der Waals surface area contributed by atoms with Crippen molar-refractivity contribution in [2.75, 3.05) is 13.2 Å². The van der Waals surface area contributed by atoms with Gasteiger partial charge in [-0.1, -0.05) is 59.3 Å². The van der Waals surface area contributed by atoms with Crippen LogP contribution in [0.5, 0.6) is 11.5 Å². The summed E-state index contributed by atoms with van der Waals surface area (Å²) in [6, 6.07) is 7.97. The highest BCUT2D eigenvalue weighted by Gasteiger charge is 2.04. The summed E-state index contributed by atoms with van der Waals surface area (Å²) in [6.07, 6.45) is 13.2. The second-order valence-corrected chi connectivity index (χ2v) is 7.53. The van der Waals surface area contributed by atoms with Crippen molar-refractivity contribution in [3.05, 3.63) is 36.7 Å². The fraction of sp³-hybridized carbons (Fsp3) is 0.583. The molecule has 4 heteroatoms. The average molecular weight is 385 g/mol. The van der Waals surface area contributed by atoms with Crippen molar-refractivity contribution >= 4 is 0 Å². The van der Waals surface area contributed by atoms with Crippen molar-refractivity contribution in [2.24, 2.45) is 5.92 Å². The van der Waals surface area contributed by atoms with Crippen LogP contribution in [-0.4, -0.2) is 23.2 Å². The highest BCUT2D eigenvalue weighted by Crippen LogP contribution is 2.21. The topological polar surface area (TPSA) is 44.2 Å². The van der Waals surface area contributed by atoms with Crippen LogP contribution in [0.4, 0.5) is 0 Å². The standard InChI is InChI=1S/C24H36N2O2/c1-4-6-9-16-27-22-14-12-21(13-15-22)24-25-18-23(19-26-24)28-17-10-7-8-11-20(3)5-2/h12-15,18-20H,4-11,16-17H2,1-3H3. The summed E-state index contributed by atoms with van der Waals surface area (Å²) in [7, 11) is 0. The molecule has 154 valence electrons. The van der Waals surface area contributed by atoms with Crippen LogP contribution < -0.4 is 9.47 Å². The lowest BCUT2D eigenvalue weighted by Gasteiger charge is -2.09. The Morgan fingerprint density at radius 2 is 1.43 bits per heavy atom. The summed E-state index contributed by atoms with van der Waals surface area (Å²) in [6.45, 7) is 8.28. The quantitative estimate of drug-likeness (QED) is 0.340. The van der Waals surface area contributed by atoms with E-state index in [0.717, 1.165) is 49.0 Å². The van der Waals surface area contributed by atoms with Crippen molar-refractivity contribution in [1.29, 1.82) is 0 Å². The van der Waals surface area contributed by atoms with Gasteiger partial charge in [-0.05, 0) is 43.0 Å². The average Bonchev–Trinajstić information content (AvgIpc) is 2.74. The minimum atomic E-state index is 0.707. The van der Waals surface area contributed by atoms with Gasteiger partial charge in [-0.3, -0.25) is 0 Å². The van der Waals surface area contributed by atoms with Crippen LogP contribution in [0.3, 0.4) is 0 Å². The van der Waals surface area contributed by atoms with E-state index in [4.69, 9.17) is 9.47 Å². The molecule has 0 aliphatic carbocycles. The Labute approximate surface area is 170 Å². The largest absolute Gasteiger partial charge is 0.494 e. The molecule has 0 radical (unpaired) electrons. The third kappa shape index (κ3) is 8.28. The van der Waals surface area contributed by atoms with Crippen molar-refractivity contribution in [3.8, 4) is 22.9 Å². The van der Waals surface area contributed by atoms with Gasteiger partial charge < -0.3 is 9.47 Å². The minimum Gasteiger partial charge on any atom is -0.494 e. The number of hydrogen-bond acceptors (Lipinski definition) is 4. The lowest BCUT2D eigenvalue weighted by atomic mass is 10.0. The molecule has 2 rings (SSSR count). The van der Waals surface area contributed by atoms with Gasteiger partial charge in [-0.2, -0.15) is 0 Å². The van der Waals surface area contributed by atoms with E-state index in [-0.39, 0.29) is 0 Å². The predicted octanol–water partition coefficient (Wildman–Crippen LogP) is 6.70. The Kier molecular flexibility index (Phi) is 10.4. The first-order valence-corrected chi connectivity index (χ1v) is 10.9. The maximum absolute atomic E-state index is 5.77. The Morgan fingerprint density at radius 1 is 0.786 bits per heavy atom. The molecule has 2 aromatic rings. The molecule has 0 bridgehead atoms. The fourth-order valence-corrected chi connectivity index (χ4v) is 2.95. The van der Waals surface area contributed by atoms with E-state index in [1.807, 2.05) is 24.3 Å². The Bertz CT molecular complexity index is 641. The Hall–Kier alpha value is -2.10. The van der Waals surface area contributed by atoms with Gasteiger partial charge in [0, 0.05) is 5.56 Å². The molecular formula is C24H36N2O2. The van der Waals surface area contributed by atoms with Crippen molar-refractivity contribution < 1.29 is 9.47 Å². The first kappa shape index (κ1) is 22.2. The summed E-state index contributed by atoms with van der Waals surface area (Å²) < 4.78 is 11.5. The zero-order chi connectivity index (χ0) is 20.0. The monoisotopic (exact) mass is 384 g/mol. The van der Waals surface area contributed by atoms with E-state index < -0.39 is 0 Å². The molecule has 0 N–H and O–H groups in total. The number of aromatic nitrogens is 2. The molecular weight excluding hydrogens is 348 g/mol. The first-order valence-electron chi connectivity index (χ1n) is 10.9. The number of hydrogen-bond donors (Lipinski definition) is 0. The number of rotatable bonds is 14. The molecule has 0 fully saturated rings. The fourth-order valence-electron chi connectivity index (χ4n) is 2.95. The second kappa shape index (κ2) is 13.1. The molecule has 1 heterocycles. The number of ether oxygens (including phenoxy) is 2. The molecule has 28 heavy (non-hydrogen) atoms. The van der Waals surface area contributed by atoms with Gasteiger partial charge in [0.25, 0.3) is 0 Å². The predicted molar refractivity (Wildman–Crippen MR) is 116 cm³/mol. The molecule has 0 aliphatic rings. The van der Waals surface area contributed by atoms with Crippen molar-refractivity contribution in [2.45, 2.75) is 72.1 Å². The third-order valence-corrected chi connectivity index (χ3v) is 5.06. The molecule has 1 atom stereocenters. The third-order valence-electron chi connectivity index (χ3n) is 5.06. The van der Waals surface area contributed by atoms with E-state index in [9.17, 15) is 0 Å². The number of benzene rings is 1. The smallest absolute Gasteiger partial charge is 0.159 e. The van der Waals surface area contributed by atoms with E-state index in [2.05, 4.69) is 30.7 Å². The lowest BCUT2D eigenvalue weighted by molar-refractivity contribution is 0.300. The highest BCUT2D eigenvalue weighted by molar-refractivity contribution is 5.56. The lowest BCUT2D eigenvalue weighted by Crippen LogP contribution is -2.00. The van der Waals surface area contributed by atoms with Gasteiger partial charge in [-0.25, -0.2) is 9.97 Å². The minimum absolute atomic E-state index is 0.707. The maximum atomic E-state index is 5.77. The SMILES string of the molecule is CCCCCOc1ccc(-c2ncc(OCCCCCC(C)CC)cn2)cc1. The molecule has 0 amide bonds. The summed E-state index contributed by atoms with van der Waals surface area (Å²) in [4.78, 5) is 8.88. The van der Waals surface area contributed by atoms with E-state index in [1.165, 1.54) is 38.5 Å². The van der Waals surface area contributed by atoms with Crippen LogP contribution in [0.25, 0.3) is 11.4 Å². The van der Waals surface area contributed by atoms with Crippen molar-refractivity contribution in [1.82, 2.24) is 9.97 Å². The zero-order valence-corrected chi connectivity index (χ0v) is 17.8. The normalized spacial score (nSPS) is 12.0. The molecule has 0 aliphatic heterocycles. The van der Waals surface area contributed by atoms with Crippen LogP contribution in [0.15, 0.2) is 36.7 Å². The molecule has 1 aromatic carbocycles. The Balaban J connectivity index is 1.71. The van der Waals surface area contributed by atoms with E-state index in [1.54, 1.807) is 12.4 Å². The summed E-state index contributed by atoms with van der Waals surface area (Å²) in [5, 5.41) is 0. The van der Waals surface area contributed by atoms with Crippen LogP contribution in [0, 0.1) is 5.92 Å². The molecule has 4 nitrogen and oxygen atoms in total. The first-order chi connectivity index (χ1) is 13.7. The van der Waals surface area contributed by atoms with Gasteiger partial charge in [-0.15, -0.1) is 0 Å². The molecule has 1 aromatic heterocycles. The highest BCUT2D eigenvalue weighted by atomic mass is 16.5. The maximum Gasteiger partial charge on any atom is 0.159 e. The second-order valence-electron chi connectivity index (χ2n) is 7.53. The summed E-state index contributed by atoms with van der Waals surface area (Å²) in [5.41, 5.74) is 0.984. The number of nitrogens with zero attached hydrogens (tertiary/aromatic N) is 2. The van der Waals surface area contributed by atoms with Crippen LogP contribution in [-0.2, 0) is 0 Å². The zero-order valence-electron chi connectivity index (χ0n) is 17.8. The Morgan fingerprint density at radius 3 is 2.07 bits per heavy atom. The van der Waals surface area contributed by atoms with Gasteiger partial charge >= 0.3 is 0 Å². The summed E-state index contributed by atoms with van der Waals surface area (Å²) >= 11 is 0. The van der Waals surface area contributed by atoms with Crippen molar-refractivity contribution in [3.63, 3.8) is 0 Å². The van der Waals surface area contributed by atoms with Crippen LogP contribution in [0.1, 0.15) is 72.1 Å². The van der Waals surface area contributed by atoms with Gasteiger partial charge in [0.2, 0.25) is 0 Å². The molecule has 0 saturated carbocycles. The van der Waals surface area contributed by atoms with Crippen LogP contribution >= 0.6 is 0 Å². The molecule has 0 saturated heterocycles. The molecule has 0 spiro atoms. The molecule has 1 unspecified atom stereocenters. The van der Waals surface area contributed by atoms with Crippen LogP contribution in [0.2, 0.25) is 0 Å².